The molecular formula is C22H27ClFN5O. The number of alkyl halides is 1. The standard InChI is InChI=1S/C22H27ClFN5O/c23-16-11-26-22(27-12-16)29-5-2-13(3-6-29)18-8-14(18)1-4-25-17-7-15-9-20(30)28-21(15)19(24)10-17/h7,10-11,13-14,16,18,25H,1-6,8-9,12H2,(H,28,30). The molecule has 160 valence electrons. The highest BCUT2D eigenvalue weighted by molar-refractivity contribution is 6.29. The summed E-state index contributed by atoms with van der Waals surface area (Å²) in [5.41, 5.74) is 1.85. The van der Waals surface area contributed by atoms with Crippen LogP contribution in [-0.2, 0) is 11.2 Å². The first-order chi connectivity index (χ1) is 14.6. The van der Waals surface area contributed by atoms with Gasteiger partial charge < -0.3 is 15.5 Å². The molecule has 1 amide bonds. The Balaban J connectivity index is 1.05. The van der Waals surface area contributed by atoms with Crippen molar-refractivity contribution in [3.63, 3.8) is 0 Å². The Morgan fingerprint density at radius 1 is 1.30 bits per heavy atom. The van der Waals surface area contributed by atoms with Crippen LogP contribution in [0.5, 0.6) is 0 Å². The number of halogens is 2. The Bertz CT molecular complexity index is 896. The number of hydrogen-bond acceptors (Lipinski definition) is 5. The van der Waals surface area contributed by atoms with Crippen LogP contribution in [0, 0.1) is 23.6 Å². The molecule has 1 saturated carbocycles. The van der Waals surface area contributed by atoms with E-state index in [-0.39, 0.29) is 23.5 Å². The van der Waals surface area contributed by atoms with Crippen LogP contribution in [0.4, 0.5) is 15.8 Å². The van der Waals surface area contributed by atoms with Crippen LogP contribution < -0.4 is 10.6 Å². The first kappa shape index (κ1) is 19.8. The van der Waals surface area contributed by atoms with Gasteiger partial charge in [0.25, 0.3) is 0 Å². The van der Waals surface area contributed by atoms with Crippen molar-refractivity contribution in [3.8, 4) is 0 Å². The minimum Gasteiger partial charge on any atom is -0.385 e. The van der Waals surface area contributed by atoms with E-state index in [1.807, 2.05) is 6.07 Å². The minimum absolute atomic E-state index is 0.0698. The Morgan fingerprint density at radius 3 is 2.90 bits per heavy atom. The average Bonchev–Trinajstić information content (AvgIpc) is 3.41. The largest absolute Gasteiger partial charge is 0.385 e. The van der Waals surface area contributed by atoms with Gasteiger partial charge in [0, 0.05) is 31.5 Å². The number of carbonyl (C=O) groups is 1. The number of rotatable bonds is 5. The Morgan fingerprint density at radius 2 is 2.13 bits per heavy atom. The quantitative estimate of drug-likeness (QED) is 0.701. The van der Waals surface area contributed by atoms with E-state index in [1.165, 1.54) is 25.3 Å². The number of amides is 1. The summed E-state index contributed by atoms with van der Waals surface area (Å²) in [7, 11) is 0. The summed E-state index contributed by atoms with van der Waals surface area (Å²) >= 11 is 6.01. The van der Waals surface area contributed by atoms with Crippen molar-refractivity contribution in [2.75, 3.05) is 36.8 Å². The lowest BCUT2D eigenvalue weighted by Gasteiger charge is -2.33. The summed E-state index contributed by atoms with van der Waals surface area (Å²) in [6.07, 6.45) is 6.86. The van der Waals surface area contributed by atoms with Gasteiger partial charge >= 0.3 is 0 Å². The first-order valence-corrected chi connectivity index (χ1v) is 11.3. The fraction of sp³-hybridized carbons (Fsp3) is 0.591. The third-order valence-corrected chi connectivity index (χ3v) is 7.05. The van der Waals surface area contributed by atoms with Crippen molar-refractivity contribution >= 4 is 41.1 Å². The van der Waals surface area contributed by atoms with Crippen molar-refractivity contribution in [2.24, 2.45) is 27.7 Å². The Hall–Kier alpha value is -2.15. The summed E-state index contributed by atoms with van der Waals surface area (Å²) in [6, 6.07) is 3.37. The van der Waals surface area contributed by atoms with E-state index in [0.29, 0.717) is 12.2 Å². The third-order valence-electron chi connectivity index (χ3n) is 6.80. The van der Waals surface area contributed by atoms with E-state index < -0.39 is 0 Å². The number of anilines is 2. The van der Waals surface area contributed by atoms with E-state index in [0.717, 1.165) is 61.0 Å². The molecule has 0 spiro atoms. The molecule has 3 atom stereocenters. The number of nitrogens with zero attached hydrogens (tertiary/aromatic N) is 3. The SMILES string of the molecule is O=C1Cc2cc(NCCC3CC3C3CCN(C4=NCC(Cl)C=N4)CC3)cc(F)c2N1. The van der Waals surface area contributed by atoms with Crippen LogP contribution in [0.3, 0.4) is 0 Å². The minimum atomic E-state index is -0.356. The van der Waals surface area contributed by atoms with Gasteiger partial charge in [0.1, 0.15) is 5.82 Å². The van der Waals surface area contributed by atoms with Crippen molar-refractivity contribution < 1.29 is 9.18 Å². The average molecular weight is 432 g/mol. The van der Waals surface area contributed by atoms with Crippen molar-refractivity contribution in [3.05, 3.63) is 23.5 Å². The number of carbonyl (C=O) groups excluding carboxylic acids is 1. The summed E-state index contributed by atoms with van der Waals surface area (Å²) < 4.78 is 14.1. The lowest BCUT2D eigenvalue weighted by Crippen LogP contribution is -2.39. The molecule has 3 heterocycles. The van der Waals surface area contributed by atoms with Crippen LogP contribution in [0.25, 0.3) is 0 Å². The predicted molar refractivity (Wildman–Crippen MR) is 118 cm³/mol. The molecule has 0 bridgehead atoms. The Kier molecular flexibility index (Phi) is 5.39. The highest BCUT2D eigenvalue weighted by atomic mass is 35.5. The number of likely N-dealkylation sites (tertiary alicyclic amines) is 1. The van der Waals surface area contributed by atoms with Gasteiger partial charge in [-0.1, -0.05) is 0 Å². The van der Waals surface area contributed by atoms with Gasteiger partial charge in [0.05, 0.1) is 24.0 Å². The van der Waals surface area contributed by atoms with E-state index in [9.17, 15) is 9.18 Å². The van der Waals surface area contributed by atoms with Crippen molar-refractivity contribution in [1.82, 2.24) is 4.90 Å². The van der Waals surface area contributed by atoms with Crippen LogP contribution >= 0.6 is 11.6 Å². The van der Waals surface area contributed by atoms with Gasteiger partial charge in [0.2, 0.25) is 11.9 Å². The molecule has 1 saturated heterocycles. The second kappa shape index (κ2) is 8.17. The molecule has 2 fully saturated rings. The molecule has 6 nitrogen and oxygen atoms in total. The highest BCUT2D eigenvalue weighted by Gasteiger charge is 2.43. The van der Waals surface area contributed by atoms with E-state index in [1.54, 1.807) is 6.21 Å². The molecule has 4 aliphatic rings. The smallest absolute Gasteiger partial charge is 0.228 e. The zero-order valence-electron chi connectivity index (χ0n) is 16.9. The van der Waals surface area contributed by atoms with Crippen molar-refractivity contribution in [2.45, 2.75) is 37.5 Å². The molecule has 5 rings (SSSR count). The van der Waals surface area contributed by atoms with Crippen LogP contribution in [0.1, 0.15) is 31.2 Å². The number of aliphatic imine (C=N–C) groups is 2. The molecule has 3 aliphatic heterocycles. The number of piperidine rings is 1. The zero-order chi connectivity index (χ0) is 20.7. The van der Waals surface area contributed by atoms with Crippen LogP contribution in [0.2, 0.25) is 0 Å². The van der Waals surface area contributed by atoms with E-state index in [2.05, 4.69) is 25.5 Å². The molecule has 30 heavy (non-hydrogen) atoms. The second-order valence-corrected chi connectivity index (χ2v) is 9.41. The summed E-state index contributed by atoms with van der Waals surface area (Å²) in [5.74, 6) is 2.72. The molecule has 8 heteroatoms. The lowest BCUT2D eigenvalue weighted by molar-refractivity contribution is -0.115. The maximum atomic E-state index is 14.1. The third kappa shape index (κ3) is 4.17. The highest BCUT2D eigenvalue weighted by Crippen LogP contribution is 2.49. The summed E-state index contributed by atoms with van der Waals surface area (Å²) in [6.45, 7) is 3.51. The van der Waals surface area contributed by atoms with Gasteiger partial charge in [-0.3, -0.25) is 4.79 Å². The number of nitrogens with one attached hydrogen (secondary N) is 2. The number of guanidine groups is 1. The molecular weight excluding hydrogens is 405 g/mol. The van der Waals surface area contributed by atoms with E-state index in [4.69, 9.17) is 11.6 Å². The van der Waals surface area contributed by atoms with Crippen LogP contribution in [0.15, 0.2) is 22.1 Å². The summed E-state index contributed by atoms with van der Waals surface area (Å²) in [4.78, 5) is 22.6. The zero-order valence-corrected chi connectivity index (χ0v) is 17.7. The van der Waals surface area contributed by atoms with Gasteiger partial charge in [-0.25, -0.2) is 14.4 Å². The molecule has 1 aromatic rings. The van der Waals surface area contributed by atoms with Crippen LogP contribution in [-0.4, -0.2) is 54.5 Å². The second-order valence-electron chi connectivity index (χ2n) is 8.85. The first-order valence-electron chi connectivity index (χ1n) is 10.9. The van der Waals surface area contributed by atoms with Gasteiger partial charge in [-0.15, -0.1) is 11.6 Å². The monoisotopic (exact) mass is 431 g/mol. The molecule has 1 aliphatic carbocycles. The molecule has 0 aromatic heterocycles. The normalized spacial score (nSPS) is 28.2. The lowest BCUT2D eigenvalue weighted by atomic mass is 9.90. The summed E-state index contributed by atoms with van der Waals surface area (Å²) in [5, 5.41) is 5.86. The Labute approximate surface area is 181 Å². The maximum Gasteiger partial charge on any atom is 0.228 e. The van der Waals surface area contributed by atoms with Gasteiger partial charge in [0.15, 0.2) is 0 Å². The van der Waals surface area contributed by atoms with Crippen molar-refractivity contribution in [1.29, 1.82) is 0 Å². The fourth-order valence-electron chi connectivity index (χ4n) is 5.10. The number of benzene rings is 1. The molecule has 3 unspecified atom stereocenters. The van der Waals surface area contributed by atoms with E-state index >= 15 is 0 Å². The molecule has 0 radical (unpaired) electrons. The fourth-order valence-corrected chi connectivity index (χ4v) is 5.22. The molecule has 2 N–H and O–H groups in total. The van der Waals surface area contributed by atoms with Gasteiger partial charge in [-0.2, -0.15) is 0 Å². The number of hydrogen-bond donors (Lipinski definition) is 2. The predicted octanol–water partition coefficient (Wildman–Crippen LogP) is 3.52. The van der Waals surface area contributed by atoms with Gasteiger partial charge in [-0.05, 0) is 61.1 Å². The maximum absolute atomic E-state index is 14.1. The topological polar surface area (TPSA) is 69.1 Å². The molecule has 1 aromatic carbocycles. The number of fused-ring (bicyclic) bond motifs is 1.